The average molecular weight is 486 g/mol. The van der Waals surface area contributed by atoms with E-state index in [0.29, 0.717) is 40.9 Å². The summed E-state index contributed by atoms with van der Waals surface area (Å²) < 4.78 is 6.98. The molecule has 0 unspecified atom stereocenters. The maximum atomic E-state index is 13.6. The summed E-state index contributed by atoms with van der Waals surface area (Å²) in [5.41, 5.74) is 5.99. The van der Waals surface area contributed by atoms with Crippen molar-refractivity contribution in [3.05, 3.63) is 89.0 Å². The van der Waals surface area contributed by atoms with Crippen molar-refractivity contribution in [1.29, 1.82) is 0 Å². The molecule has 0 atom stereocenters. The van der Waals surface area contributed by atoms with E-state index in [2.05, 4.69) is 25.4 Å². The SMILES string of the molecule is COc1cccc(NC(=O)c2nn3c(-c4cn[nH]c4)ccnc3c2N2Cc3ccc(Cl)cc3C2)c1. The van der Waals surface area contributed by atoms with Crippen LogP contribution < -0.4 is 15.0 Å². The summed E-state index contributed by atoms with van der Waals surface area (Å²) in [6.07, 6.45) is 5.20. The van der Waals surface area contributed by atoms with E-state index in [9.17, 15) is 4.79 Å². The third-order valence-electron chi connectivity index (χ3n) is 6.04. The molecule has 0 bridgehead atoms. The summed E-state index contributed by atoms with van der Waals surface area (Å²) in [6, 6.07) is 14.9. The van der Waals surface area contributed by atoms with E-state index in [4.69, 9.17) is 21.4 Å². The normalized spacial score (nSPS) is 12.7. The van der Waals surface area contributed by atoms with Gasteiger partial charge in [0.05, 0.1) is 19.0 Å². The fraction of sp³-hybridized carbons (Fsp3) is 0.120. The van der Waals surface area contributed by atoms with Crippen LogP contribution in [0.3, 0.4) is 0 Å². The molecular formula is C25H20ClN7O2. The van der Waals surface area contributed by atoms with Crippen LogP contribution in [-0.4, -0.2) is 37.8 Å². The molecule has 0 radical (unpaired) electrons. The second-order valence-electron chi connectivity index (χ2n) is 8.20. The number of carbonyl (C=O) groups is 1. The first-order valence-electron chi connectivity index (χ1n) is 11.0. The number of fused-ring (bicyclic) bond motifs is 2. The largest absolute Gasteiger partial charge is 0.497 e. The molecule has 4 heterocycles. The lowest BCUT2D eigenvalue weighted by Gasteiger charge is -2.17. The maximum absolute atomic E-state index is 13.6. The van der Waals surface area contributed by atoms with E-state index in [0.717, 1.165) is 22.4 Å². The summed E-state index contributed by atoms with van der Waals surface area (Å²) in [5, 5.41) is 15.3. The van der Waals surface area contributed by atoms with E-state index >= 15 is 0 Å². The molecular weight excluding hydrogens is 466 g/mol. The number of halogens is 1. The van der Waals surface area contributed by atoms with Gasteiger partial charge in [0, 0.05) is 47.8 Å². The summed E-state index contributed by atoms with van der Waals surface area (Å²) in [6.45, 7) is 1.21. The highest BCUT2D eigenvalue weighted by Crippen LogP contribution is 2.36. The van der Waals surface area contributed by atoms with Crippen LogP contribution in [0.4, 0.5) is 11.4 Å². The predicted octanol–water partition coefficient (Wildman–Crippen LogP) is 4.55. The molecule has 1 aliphatic heterocycles. The third-order valence-corrected chi connectivity index (χ3v) is 6.27. The number of hydrogen-bond donors (Lipinski definition) is 2. The number of aromatic amines is 1. The molecule has 0 saturated heterocycles. The zero-order valence-electron chi connectivity index (χ0n) is 18.7. The third kappa shape index (κ3) is 3.75. The first-order chi connectivity index (χ1) is 17.1. The Morgan fingerprint density at radius 1 is 1.14 bits per heavy atom. The highest BCUT2D eigenvalue weighted by molar-refractivity contribution is 6.30. The second kappa shape index (κ2) is 8.44. The van der Waals surface area contributed by atoms with Gasteiger partial charge in [-0.25, -0.2) is 9.50 Å². The van der Waals surface area contributed by atoms with Gasteiger partial charge < -0.3 is 15.0 Å². The van der Waals surface area contributed by atoms with Crippen LogP contribution in [0.15, 0.2) is 67.1 Å². The first-order valence-corrected chi connectivity index (χ1v) is 11.3. The van der Waals surface area contributed by atoms with Crippen molar-refractivity contribution in [3.63, 3.8) is 0 Å². The van der Waals surface area contributed by atoms with Gasteiger partial charge in [0.25, 0.3) is 5.91 Å². The number of amides is 1. The number of aromatic nitrogens is 5. The van der Waals surface area contributed by atoms with Crippen molar-refractivity contribution in [1.82, 2.24) is 24.8 Å². The second-order valence-corrected chi connectivity index (χ2v) is 8.64. The van der Waals surface area contributed by atoms with Gasteiger partial charge in [0.15, 0.2) is 11.3 Å². The lowest BCUT2D eigenvalue weighted by Crippen LogP contribution is -2.20. The van der Waals surface area contributed by atoms with Crippen molar-refractivity contribution < 1.29 is 9.53 Å². The van der Waals surface area contributed by atoms with Crippen LogP contribution in [0, 0.1) is 0 Å². The van der Waals surface area contributed by atoms with Crippen molar-refractivity contribution in [3.8, 4) is 17.0 Å². The minimum absolute atomic E-state index is 0.273. The minimum atomic E-state index is -0.342. The van der Waals surface area contributed by atoms with Gasteiger partial charge in [0.1, 0.15) is 11.4 Å². The Hall–Kier alpha value is -4.37. The molecule has 0 aliphatic carbocycles. The molecule has 2 aromatic carbocycles. The molecule has 1 amide bonds. The molecule has 3 aromatic heterocycles. The zero-order chi connectivity index (χ0) is 23.9. The van der Waals surface area contributed by atoms with Gasteiger partial charge in [-0.2, -0.15) is 10.2 Å². The van der Waals surface area contributed by atoms with Gasteiger partial charge in [0.2, 0.25) is 0 Å². The monoisotopic (exact) mass is 485 g/mol. The number of anilines is 2. The van der Waals surface area contributed by atoms with Crippen molar-refractivity contribution in [2.75, 3.05) is 17.3 Å². The molecule has 2 N–H and O–H groups in total. The van der Waals surface area contributed by atoms with E-state index in [1.807, 2.05) is 36.4 Å². The number of ether oxygens (including phenoxy) is 1. The van der Waals surface area contributed by atoms with Gasteiger partial charge in [-0.1, -0.05) is 23.7 Å². The first kappa shape index (κ1) is 21.2. The lowest BCUT2D eigenvalue weighted by molar-refractivity contribution is 0.102. The van der Waals surface area contributed by atoms with E-state index in [1.54, 1.807) is 42.3 Å². The van der Waals surface area contributed by atoms with Gasteiger partial charge >= 0.3 is 0 Å². The Labute approximate surface area is 205 Å². The highest BCUT2D eigenvalue weighted by Gasteiger charge is 2.30. The van der Waals surface area contributed by atoms with Crippen molar-refractivity contribution in [2.45, 2.75) is 13.1 Å². The number of H-pyrrole nitrogens is 1. The maximum Gasteiger partial charge on any atom is 0.278 e. The molecule has 0 spiro atoms. The summed E-state index contributed by atoms with van der Waals surface area (Å²) in [4.78, 5) is 20.3. The van der Waals surface area contributed by atoms with Gasteiger partial charge in [-0.3, -0.25) is 9.89 Å². The number of nitrogens with zero attached hydrogens (tertiary/aromatic N) is 5. The predicted molar refractivity (Wildman–Crippen MR) is 133 cm³/mol. The Kier molecular flexibility index (Phi) is 5.11. The molecule has 9 nitrogen and oxygen atoms in total. The Bertz CT molecular complexity index is 1560. The smallest absolute Gasteiger partial charge is 0.278 e. The van der Waals surface area contributed by atoms with Crippen LogP contribution in [0.25, 0.3) is 16.9 Å². The van der Waals surface area contributed by atoms with Crippen LogP contribution >= 0.6 is 11.6 Å². The van der Waals surface area contributed by atoms with Crippen molar-refractivity contribution >= 4 is 34.5 Å². The molecule has 0 fully saturated rings. The molecule has 174 valence electrons. The fourth-order valence-corrected chi connectivity index (χ4v) is 4.59. The zero-order valence-corrected chi connectivity index (χ0v) is 19.5. The van der Waals surface area contributed by atoms with Crippen LogP contribution in [0.5, 0.6) is 5.75 Å². The standard InChI is InChI=1S/C25H20ClN7O2/c1-35-20-4-2-3-19(10-20)30-25(34)22-23(32-13-15-5-6-18(26)9-16(15)14-32)24-27-8-7-21(33(24)31-22)17-11-28-29-12-17/h2-12H,13-14H2,1H3,(H,28,29)(H,30,34). The fourth-order valence-electron chi connectivity index (χ4n) is 4.40. The number of benzene rings is 2. The van der Waals surface area contributed by atoms with E-state index < -0.39 is 0 Å². The Balaban J connectivity index is 1.47. The molecule has 5 aromatic rings. The lowest BCUT2D eigenvalue weighted by atomic mass is 10.1. The highest BCUT2D eigenvalue weighted by atomic mass is 35.5. The number of carbonyl (C=O) groups excluding carboxylic acids is 1. The number of rotatable bonds is 5. The van der Waals surface area contributed by atoms with Crippen LogP contribution in [-0.2, 0) is 13.1 Å². The Morgan fingerprint density at radius 2 is 2.03 bits per heavy atom. The average Bonchev–Trinajstić information content (AvgIpc) is 3.61. The molecule has 6 rings (SSSR count). The molecule has 1 aliphatic rings. The van der Waals surface area contributed by atoms with Crippen LogP contribution in [0.1, 0.15) is 21.6 Å². The summed E-state index contributed by atoms with van der Waals surface area (Å²) >= 11 is 6.24. The molecule has 35 heavy (non-hydrogen) atoms. The number of hydrogen-bond acceptors (Lipinski definition) is 6. The van der Waals surface area contributed by atoms with Gasteiger partial charge in [-0.15, -0.1) is 0 Å². The quantitative estimate of drug-likeness (QED) is 0.378. The summed E-state index contributed by atoms with van der Waals surface area (Å²) in [5.74, 6) is 0.305. The van der Waals surface area contributed by atoms with E-state index in [-0.39, 0.29) is 11.6 Å². The molecule has 10 heteroatoms. The van der Waals surface area contributed by atoms with E-state index in [1.165, 1.54) is 0 Å². The van der Waals surface area contributed by atoms with Gasteiger partial charge in [-0.05, 0) is 41.5 Å². The minimum Gasteiger partial charge on any atom is -0.497 e. The van der Waals surface area contributed by atoms with Crippen LogP contribution in [0.2, 0.25) is 5.02 Å². The molecule has 0 saturated carbocycles. The topological polar surface area (TPSA) is 100 Å². The summed E-state index contributed by atoms with van der Waals surface area (Å²) in [7, 11) is 1.58. The number of nitrogens with one attached hydrogen (secondary N) is 2. The number of methoxy groups -OCH3 is 1. The Morgan fingerprint density at radius 3 is 2.86 bits per heavy atom. The van der Waals surface area contributed by atoms with Crippen molar-refractivity contribution in [2.24, 2.45) is 0 Å².